The van der Waals surface area contributed by atoms with E-state index in [4.69, 9.17) is 0 Å². The van der Waals surface area contributed by atoms with E-state index in [-0.39, 0.29) is 18.4 Å². The number of hydrogen-bond donors (Lipinski definition) is 3. The fourth-order valence-electron chi connectivity index (χ4n) is 1.66. The number of para-hydroxylation sites is 1. The van der Waals surface area contributed by atoms with E-state index in [0.29, 0.717) is 13.1 Å². The minimum Gasteiger partial charge on any atom is -0.351 e. The Morgan fingerprint density at radius 3 is 2.37 bits per heavy atom. The van der Waals surface area contributed by atoms with Crippen LogP contribution in [-0.4, -0.2) is 38.5 Å². The Bertz CT molecular complexity index is 406. The molecule has 0 fully saturated rings. The van der Waals surface area contributed by atoms with Gasteiger partial charge in [0.2, 0.25) is 0 Å². The summed E-state index contributed by atoms with van der Waals surface area (Å²) in [6, 6.07) is 9.29. The van der Waals surface area contributed by atoms with Crippen LogP contribution in [-0.2, 0) is 9.59 Å². The van der Waals surface area contributed by atoms with Gasteiger partial charge in [0.1, 0.15) is 0 Å². The molecule has 1 rings (SSSR count). The maximum Gasteiger partial charge on any atom is 0.279 e. The first-order chi connectivity index (χ1) is 9.11. The summed E-state index contributed by atoms with van der Waals surface area (Å²) in [6.07, 6.45) is 0.916. The molecule has 0 bridgehead atoms. The van der Waals surface area contributed by atoms with Gasteiger partial charge in [-0.15, -0.1) is 0 Å². The zero-order valence-electron chi connectivity index (χ0n) is 11.5. The van der Waals surface area contributed by atoms with Crippen molar-refractivity contribution in [1.29, 1.82) is 0 Å². The summed E-state index contributed by atoms with van der Waals surface area (Å²) < 4.78 is 0. The van der Waals surface area contributed by atoms with Gasteiger partial charge in [-0.05, 0) is 18.6 Å². The minimum atomic E-state index is -0.0907. The van der Waals surface area contributed by atoms with Crippen LogP contribution in [0.15, 0.2) is 30.3 Å². The molecule has 0 aliphatic heterocycles. The first-order valence-electron chi connectivity index (χ1n) is 6.54. The van der Waals surface area contributed by atoms with Gasteiger partial charge in [0.25, 0.3) is 11.8 Å². The highest BCUT2D eigenvalue weighted by Crippen LogP contribution is 2.03. The van der Waals surface area contributed by atoms with Crippen molar-refractivity contribution in [2.75, 3.05) is 32.0 Å². The number of hydrogen-bond acceptors (Lipinski definition) is 2. The van der Waals surface area contributed by atoms with Gasteiger partial charge in [0.15, 0.2) is 13.1 Å². The van der Waals surface area contributed by atoms with E-state index in [1.54, 1.807) is 0 Å². The standard InChI is InChI=1S/C14H21N3O2/c1-3-9-15-13(18)10-17(2)11-14(19)16-12-7-5-4-6-8-12/h4-8H,3,9-11H2,1-2H3,(H,15,18)(H,16,19)/p+1. The third-order valence-corrected chi connectivity index (χ3v) is 2.55. The van der Waals surface area contributed by atoms with E-state index >= 15 is 0 Å². The summed E-state index contributed by atoms with van der Waals surface area (Å²) in [4.78, 5) is 24.1. The van der Waals surface area contributed by atoms with Gasteiger partial charge in [0, 0.05) is 12.2 Å². The van der Waals surface area contributed by atoms with Gasteiger partial charge < -0.3 is 15.5 Å². The van der Waals surface area contributed by atoms with E-state index in [1.807, 2.05) is 44.3 Å². The van der Waals surface area contributed by atoms with Crippen molar-refractivity contribution in [2.24, 2.45) is 0 Å². The van der Waals surface area contributed by atoms with Crippen molar-refractivity contribution in [3.05, 3.63) is 30.3 Å². The van der Waals surface area contributed by atoms with Crippen molar-refractivity contribution < 1.29 is 14.5 Å². The van der Waals surface area contributed by atoms with Gasteiger partial charge >= 0.3 is 0 Å². The molecule has 5 nitrogen and oxygen atoms in total. The number of quaternary nitrogens is 1. The topological polar surface area (TPSA) is 62.6 Å². The molecule has 104 valence electrons. The van der Waals surface area contributed by atoms with Crippen LogP contribution in [0.1, 0.15) is 13.3 Å². The fraction of sp³-hybridized carbons (Fsp3) is 0.429. The number of rotatable bonds is 7. The Hall–Kier alpha value is -1.88. The van der Waals surface area contributed by atoms with Crippen LogP contribution in [0.5, 0.6) is 0 Å². The van der Waals surface area contributed by atoms with E-state index in [1.165, 1.54) is 0 Å². The summed E-state index contributed by atoms with van der Waals surface area (Å²) in [5, 5.41) is 5.59. The van der Waals surface area contributed by atoms with E-state index in [0.717, 1.165) is 17.0 Å². The van der Waals surface area contributed by atoms with Crippen molar-refractivity contribution in [3.8, 4) is 0 Å². The second-order valence-corrected chi connectivity index (χ2v) is 4.57. The van der Waals surface area contributed by atoms with Gasteiger partial charge in [-0.2, -0.15) is 0 Å². The van der Waals surface area contributed by atoms with Crippen LogP contribution in [0.25, 0.3) is 0 Å². The summed E-state index contributed by atoms with van der Waals surface area (Å²) in [5.74, 6) is -0.112. The molecule has 0 spiro atoms. The molecular weight excluding hydrogens is 242 g/mol. The second kappa shape index (κ2) is 8.26. The highest BCUT2D eigenvalue weighted by molar-refractivity contribution is 5.91. The van der Waals surface area contributed by atoms with Gasteiger partial charge in [-0.1, -0.05) is 25.1 Å². The zero-order valence-corrected chi connectivity index (χ0v) is 11.5. The highest BCUT2D eigenvalue weighted by Gasteiger charge is 2.13. The molecule has 0 saturated carbocycles. The van der Waals surface area contributed by atoms with Crippen molar-refractivity contribution >= 4 is 17.5 Å². The number of benzene rings is 1. The Morgan fingerprint density at radius 2 is 1.74 bits per heavy atom. The largest absolute Gasteiger partial charge is 0.351 e. The van der Waals surface area contributed by atoms with Crippen LogP contribution in [0, 0.1) is 0 Å². The lowest BCUT2D eigenvalue weighted by Crippen LogP contribution is -3.11. The number of carbonyl (C=O) groups is 2. The van der Waals surface area contributed by atoms with Crippen LogP contribution in [0.2, 0.25) is 0 Å². The number of anilines is 1. The van der Waals surface area contributed by atoms with E-state index in [9.17, 15) is 9.59 Å². The predicted octanol–water partition coefficient (Wildman–Crippen LogP) is -0.334. The smallest absolute Gasteiger partial charge is 0.279 e. The van der Waals surface area contributed by atoms with Crippen LogP contribution >= 0.6 is 0 Å². The fourth-order valence-corrected chi connectivity index (χ4v) is 1.66. The Kier molecular flexibility index (Phi) is 6.60. The predicted molar refractivity (Wildman–Crippen MR) is 75.0 cm³/mol. The average molecular weight is 264 g/mol. The molecule has 2 amide bonds. The Labute approximate surface area is 114 Å². The van der Waals surface area contributed by atoms with Gasteiger partial charge in [-0.25, -0.2) is 0 Å². The van der Waals surface area contributed by atoms with E-state index < -0.39 is 0 Å². The molecule has 19 heavy (non-hydrogen) atoms. The van der Waals surface area contributed by atoms with Crippen molar-refractivity contribution in [3.63, 3.8) is 0 Å². The van der Waals surface area contributed by atoms with Crippen LogP contribution in [0.3, 0.4) is 0 Å². The third kappa shape index (κ3) is 6.57. The SMILES string of the molecule is CCCNC(=O)C[NH+](C)CC(=O)Nc1ccccc1. The number of nitrogens with one attached hydrogen (secondary N) is 3. The normalized spacial score (nSPS) is 11.7. The van der Waals surface area contributed by atoms with Gasteiger partial charge in [-0.3, -0.25) is 9.59 Å². The van der Waals surface area contributed by atoms with Crippen molar-refractivity contribution in [1.82, 2.24) is 5.32 Å². The maximum absolute atomic E-state index is 11.8. The molecule has 1 unspecified atom stereocenters. The summed E-state index contributed by atoms with van der Waals surface area (Å²) >= 11 is 0. The quantitative estimate of drug-likeness (QED) is 0.631. The molecule has 1 atom stereocenters. The lowest BCUT2D eigenvalue weighted by Gasteiger charge is -2.13. The molecule has 0 aromatic heterocycles. The van der Waals surface area contributed by atoms with Crippen LogP contribution < -0.4 is 15.5 Å². The first-order valence-corrected chi connectivity index (χ1v) is 6.54. The summed E-state index contributed by atoms with van der Waals surface area (Å²) in [6.45, 7) is 3.27. The molecule has 0 radical (unpaired) electrons. The van der Waals surface area contributed by atoms with E-state index in [2.05, 4.69) is 10.6 Å². The molecule has 5 heteroatoms. The maximum atomic E-state index is 11.8. The minimum absolute atomic E-state index is 0.0214. The molecular formula is C14H22N3O2+. The molecule has 0 saturated heterocycles. The molecule has 1 aromatic carbocycles. The number of carbonyl (C=O) groups excluding carboxylic acids is 2. The van der Waals surface area contributed by atoms with Gasteiger partial charge in [0.05, 0.1) is 7.05 Å². The monoisotopic (exact) mass is 264 g/mol. The number of amides is 2. The molecule has 0 aliphatic carbocycles. The lowest BCUT2D eigenvalue weighted by molar-refractivity contribution is -0.862. The molecule has 3 N–H and O–H groups in total. The molecule has 0 aliphatic rings. The second-order valence-electron chi connectivity index (χ2n) is 4.57. The number of likely N-dealkylation sites (N-methyl/N-ethyl adjacent to an activating group) is 1. The Morgan fingerprint density at radius 1 is 1.11 bits per heavy atom. The van der Waals surface area contributed by atoms with Crippen molar-refractivity contribution in [2.45, 2.75) is 13.3 Å². The summed E-state index contributed by atoms with van der Waals surface area (Å²) in [7, 11) is 1.83. The summed E-state index contributed by atoms with van der Waals surface area (Å²) in [5.41, 5.74) is 0.774. The third-order valence-electron chi connectivity index (χ3n) is 2.55. The molecule has 1 aromatic rings. The average Bonchev–Trinajstić information content (AvgIpc) is 2.37. The van der Waals surface area contributed by atoms with Crippen LogP contribution in [0.4, 0.5) is 5.69 Å². The first kappa shape index (κ1) is 15.2. The zero-order chi connectivity index (χ0) is 14.1. The highest BCUT2D eigenvalue weighted by atomic mass is 16.2. The Balaban J connectivity index is 2.30. The lowest BCUT2D eigenvalue weighted by atomic mass is 10.3. The molecule has 0 heterocycles.